The van der Waals surface area contributed by atoms with E-state index in [1.807, 2.05) is 0 Å². The highest BCUT2D eigenvalue weighted by molar-refractivity contribution is 5.92. The first kappa shape index (κ1) is 13.0. The Bertz CT molecular complexity index is 511. The average Bonchev–Trinajstić information content (AvgIpc) is 2.97. The highest BCUT2D eigenvalue weighted by Gasteiger charge is 2.28. The molecule has 0 radical (unpaired) electrons. The number of rotatable bonds is 6. The van der Waals surface area contributed by atoms with Gasteiger partial charge in [-0.1, -0.05) is 5.21 Å². The predicted octanol–water partition coefficient (Wildman–Crippen LogP) is -0.244. The Hall–Kier alpha value is -1.96. The van der Waals surface area contributed by atoms with E-state index in [4.69, 9.17) is 4.74 Å². The summed E-state index contributed by atoms with van der Waals surface area (Å²) in [7, 11) is 0. The van der Waals surface area contributed by atoms with Crippen LogP contribution in [0.1, 0.15) is 18.5 Å². The van der Waals surface area contributed by atoms with E-state index in [-0.39, 0.29) is 19.1 Å². The van der Waals surface area contributed by atoms with Gasteiger partial charge in [0.25, 0.3) is 5.91 Å². The second kappa shape index (κ2) is 5.58. The largest absolute Gasteiger partial charge is 0.447 e. The Morgan fingerprint density at radius 1 is 1.50 bits per heavy atom. The van der Waals surface area contributed by atoms with Gasteiger partial charge in [-0.15, -0.1) is 5.10 Å². The van der Waals surface area contributed by atoms with Crippen LogP contribution < -0.4 is 5.32 Å². The van der Waals surface area contributed by atoms with Gasteiger partial charge in [0.15, 0.2) is 0 Å². The predicted molar refractivity (Wildman–Crippen MR) is 67.5 cm³/mol. The average molecular weight is 279 g/mol. The SMILES string of the molecule is O=C(Cn1cc(CNCC2CC2)nn1)N1CCOC1=O. The molecular weight excluding hydrogens is 262 g/mol. The zero-order valence-electron chi connectivity index (χ0n) is 11.1. The molecular formula is C12H17N5O3. The normalized spacial score (nSPS) is 18.4. The summed E-state index contributed by atoms with van der Waals surface area (Å²) in [4.78, 5) is 24.2. The molecule has 0 aromatic carbocycles. The van der Waals surface area contributed by atoms with Crippen LogP contribution in [-0.4, -0.2) is 51.6 Å². The number of amides is 2. The van der Waals surface area contributed by atoms with Crippen molar-refractivity contribution in [1.29, 1.82) is 0 Å². The minimum atomic E-state index is -0.582. The van der Waals surface area contributed by atoms with Crippen molar-refractivity contribution in [3.63, 3.8) is 0 Å². The summed E-state index contributed by atoms with van der Waals surface area (Å²) in [6, 6.07) is 0. The van der Waals surface area contributed by atoms with Crippen molar-refractivity contribution in [2.75, 3.05) is 19.7 Å². The van der Waals surface area contributed by atoms with Crippen LogP contribution in [-0.2, 0) is 22.6 Å². The number of hydrogen-bond donors (Lipinski definition) is 1. The molecule has 0 bridgehead atoms. The molecule has 8 heteroatoms. The topological polar surface area (TPSA) is 89.3 Å². The monoisotopic (exact) mass is 279 g/mol. The molecule has 3 rings (SSSR count). The number of nitrogens with zero attached hydrogens (tertiary/aromatic N) is 4. The van der Waals surface area contributed by atoms with Crippen molar-refractivity contribution >= 4 is 12.0 Å². The first-order chi connectivity index (χ1) is 9.72. The van der Waals surface area contributed by atoms with Crippen LogP contribution in [0, 0.1) is 5.92 Å². The van der Waals surface area contributed by atoms with Gasteiger partial charge in [-0.25, -0.2) is 14.4 Å². The second-order valence-corrected chi connectivity index (χ2v) is 5.14. The summed E-state index contributed by atoms with van der Waals surface area (Å²) < 4.78 is 6.17. The molecule has 1 saturated carbocycles. The fraction of sp³-hybridized carbons (Fsp3) is 0.667. The van der Waals surface area contributed by atoms with Crippen molar-refractivity contribution in [1.82, 2.24) is 25.2 Å². The molecule has 0 atom stereocenters. The molecule has 1 N–H and O–H groups in total. The van der Waals surface area contributed by atoms with Gasteiger partial charge in [-0.2, -0.15) is 0 Å². The third kappa shape index (κ3) is 3.13. The van der Waals surface area contributed by atoms with Gasteiger partial charge >= 0.3 is 6.09 Å². The molecule has 2 amide bonds. The molecule has 1 aliphatic carbocycles. The van der Waals surface area contributed by atoms with Gasteiger partial charge in [0.1, 0.15) is 13.2 Å². The fourth-order valence-corrected chi connectivity index (χ4v) is 2.07. The molecule has 0 unspecified atom stereocenters. The van der Waals surface area contributed by atoms with Gasteiger partial charge in [-0.05, 0) is 25.3 Å². The molecule has 1 aromatic heterocycles. The highest BCUT2D eigenvalue weighted by atomic mass is 16.6. The van der Waals surface area contributed by atoms with E-state index in [1.54, 1.807) is 6.20 Å². The van der Waals surface area contributed by atoms with E-state index in [0.717, 1.165) is 23.1 Å². The Balaban J connectivity index is 1.48. The first-order valence-corrected chi connectivity index (χ1v) is 6.79. The van der Waals surface area contributed by atoms with E-state index in [0.29, 0.717) is 13.1 Å². The summed E-state index contributed by atoms with van der Waals surface area (Å²) in [5.74, 6) is 0.489. The van der Waals surface area contributed by atoms with E-state index in [1.165, 1.54) is 17.5 Å². The third-order valence-corrected chi connectivity index (χ3v) is 3.38. The minimum absolute atomic E-state index is 0.00469. The highest BCUT2D eigenvalue weighted by Crippen LogP contribution is 2.27. The molecule has 2 fully saturated rings. The number of carbonyl (C=O) groups is 2. The van der Waals surface area contributed by atoms with Crippen LogP contribution in [0.5, 0.6) is 0 Å². The van der Waals surface area contributed by atoms with E-state index in [9.17, 15) is 9.59 Å². The van der Waals surface area contributed by atoms with Crippen molar-refractivity contribution < 1.29 is 14.3 Å². The number of ether oxygens (including phenoxy) is 1. The molecule has 0 spiro atoms. The van der Waals surface area contributed by atoms with Gasteiger partial charge in [0.05, 0.1) is 18.4 Å². The lowest BCUT2D eigenvalue weighted by atomic mass is 10.4. The lowest BCUT2D eigenvalue weighted by Gasteiger charge is -2.09. The molecule has 108 valence electrons. The van der Waals surface area contributed by atoms with Crippen LogP contribution in [0.4, 0.5) is 4.79 Å². The smallest absolute Gasteiger partial charge is 0.416 e. The van der Waals surface area contributed by atoms with Crippen molar-refractivity contribution in [2.24, 2.45) is 5.92 Å². The summed E-state index contributed by atoms with van der Waals surface area (Å²) in [6.45, 7) is 2.23. The number of imide groups is 1. The Morgan fingerprint density at radius 2 is 2.35 bits per heavy atom. The van der Waals surface area contributed by atoms with E-state index < -0.39 is 6.09 Å². The Morgan fingerprint density at radius 3 is 3.05 bits per heavy atom. The molecule has 8 nitrogen and oxygen atoms in total. The standard InChI is InChI=1S/C12H17N5O3/c18-11(17-3-4-20-12(17)19)8-16-7-10(14-15-16)6-13-5-9-1-2-9/h7,9,13H,1-6,8H2. The summed E-state index contributed by atoms with van der Waals surface area (Å²) >= 11 is 0. The maximum Gasteiger partial charge on any atom is 0.416 e. The Kier molecular flexibility index (Phi) is 3.64. The molecule has 2 heterocycles. The van der Waals surface area contributed by atoms with Gasteiger partial charge < -0.3 is 10.1 Å². The quantitative estimate of drug-likeness (QED) is 0.773. The minimum Gasteiger partial charge on any atom is -0.447 e. The second-order valence-electron chi connectivity index (χ2n) is 5.14. The number of hydrogen-bond acceptors (Lipinski definition) is 6. The Labute approximate surface area is 116 Å². The molecule has 1 saturated heterocycles. The maximum atomic E-state index is 11.9. The molecule has 20 heavy (non-hydrogen) atoms. The van der Waals surface area contributed by atoms with E-state index >= 15 is 0 Å². The fourth-order valence-electron chi connectivity index (χ4n) is 2.07. The van der Waals surface area contributed by atoms with Crippen LogP contribution >= 0.6 is 0 Å². The van der Waals surface area contributed by atoms with E-state index in [2.05, 4.69) is 15.6 Å². The summed E-state index contributed by atoms with van der Waals surface area (Å²) in [6.07, 6.45) is 3.75. The lowest BCUT2D eigenvalue weighted by molar-refractivity contribution is -0.128. The first-order valence-electron chi connectivity index (χ1n) is 6.79. The maximum absolute atomic E-state index is 11.9. The van der Waals surface area contributed by atoms with Crippen molar-refractivity contribution in [3.05, 3.63) is 11.9 Å². The summed E-state index contributed by atoms with van der Waals surface area (Å²) in [5.41, 5.74) is 0.794. The van der Waals surface area contributed by atoms with Crippen LogP contribution in [0.15, 0.2) is 6.20 Å². The van der Waals surface area contributed by atoms with Crippen molar-refractivity contribution in [2.45, 2.75) is 25.9 Å². The number of nitrogens with one attached hydrogen (secondary N) is 1. The molecule has 1 aliphatic heterocycles. The van der Waals surface area contributed by atoms with Crippen LogP contribution in [0.2, 0.25) is 0 Å². The number of carbonyl (C=O) groups excluding carboxylic acids is 2. The zero-order valence-corrected chi connectivity index (χ0v) is 11.1. The van der Waals surface area contributed by atoms with Crippen molar-refractivity contribution in [3.8, 4) is 0 Å². The lowest BCUT2D eigenvalue weighted by Crippen LogP contribution is -2.34. The number of cyclic esters (lactones) is 1. The zero-order chi connectivity index (χ0) is 13.9. The van der Waals surface area contributed by atoms with Crippen LogP contribution in [0.3, 0.4) is 0 Å². The number of aromatic nitrogens is 3. The van der Waals surface area contributed by atoms with Gasteiger partial charge in [0, 0.05) is 6.54 Å². The van der Waals surface area contributed by atoms with Crippen LogP contribution in [0.25, 0.3) is 0 Å². The van der Waals surface area contributed by atoms with Gasteiger partial charge in [0.2, 0.25) is 0 Å². The summed E-state index contributed by atoms with van der Waals surface area (Å²) in [5, 5.41) is 11.2. The molecule has 1 aromatic rings. The third-order valence-electron chi connectivity index (χ3n) is 3.38. The molecule has 2 aliphatic rings. The van der Waals surface area contributed by atoms with Gasteiger partial charge in [-0.3, -0.25) is 4.79 Å².